The third-order valence-corrected chi connectivity index (χ3v) is 6.34. The summed E-state index contributed by atoms with van der Waals surface area (Å²) >= 11 is 1.35. The maximum absolute atomic E-state index is 12.5. The molecule has 0 unspecified atom stereocenters. The highest BCUT2D eigenvalue weighted by Gasteiger charge is 2.19. The van der Waals surface area contributed by atoms with Gasteiger partial charge in [-0.3, -0.25) is 14.5 Å². The summed E-state index contributed by atoms with van der Waals surface area (Å²) in [6.07, 6.45) is 3.99. The molecule has 1 aromatic heterocycles. The molecule has 0 fully saturated rings. The summed E-state index contributed by atoms with van der Waals surface area (Å²) in [4.78, 5) is 30.7. The second-order valence-corrected chi connectivity index (χ2v) is 8.61. The van der Waals surface area contributed by atoms with Crippen molar-refractivity contribution in [3.8, 4) is 11.1 Å². The molecule has 0 saturated carbocycles. The van der Waals surface area contributed by atoms with E-state index in [1.165, 1.54) is 46.6 Å². The normalized spacial score (nSPS) is 11.8. The molecule has 5 nitrogen and oxygen atoms in total. The van der Waals surface area contributed by atoms with Crippen molar-refractivity contribution in [1.82, 2.24) is 4.98 Å². The molecule has 1 heterocycles. The summed E-state index contributed by atoms with van der Waals surface area (Å²) in [5, 5.41) is 5.31. The lowest BCUT2D eigenvalue weighted by Crippen LogP contribution is -2.22. The molecule has 0 saturated heterocycles. The van der Waals surface area contributed by atoms with Gasteiger partial charge in [-0.25, -0.2) is 4.98 Å². The van der Waals surface area contributed by atoms with Crippen LogP contribution >= 0.6 is 11.3 Å². The van der Waals surface area contributed by atoms with Gasteiger partial charge in [0.25, 0.3) is 0 Å². The number of thiazole rings is 1. The number of rotatable bonds is 5. The van der Waals surface area contributed by atoms with Crippen LogP contribution < -0.4 is 10.2 Å². The van der Waals surface area contributed by atoms with Crippen LogP contribution in [-0.4, -0.2) is 16.8 Å². The number of carbonyl (C=O) groups excluding carboxylic acids is 2. The Bertz CT molecular complexity index is 1380. The minimum absolute atomic E-state index is 0.123. The molecule has 0 spiro atoms. The first-order valence-corrected chi connectivity index (χ1v) is 11.5. The van der Waals surface area contributed by atoms with Gasteiger partial charge >= 0.3 is 0 Å². The van der Waals surface area contributed by atoms with Crippen molar-refractivity contribution in [2.45, 2.75) is 13.3 Å². The highest BCUT2D eigenvalue weighted by molar-refractivity contribution is 7.14. The summed E-state index contributed by atoms with van der Waals surface area (Å²) in [5.74, 6) is -0.353. The number of benzene rings is 3. The van der Waals surface area contributed by atoms with Gasteiger partial charge in [-0.2, -0.15) is 0 Å². The van der Waals surface area contributed by atoms with Gasteiger partial charge in [-0.15, -0.1) is 11.3 Å². The van der Waals surface area contributed by atoms with E-state index in [0.29, 0.717) is 10.8 Å². The van der Waals surface area contributed by atoms with Crippen molar-refractivity contribution < 1.29 is 9.59 Å². The SMILES string of the molecule is CC(=O)N(c1ccccc1)c1nc(C=CC(=O)Nc2ccc3c(c2)Cc2ccccc2-3)cs1. The van der Waals surface area contributed by atoms with Crippen LogP contribution in [0.1, 0.15) is 23.7 Å². The molecule has 6 heteroatoms. The van der Waals surface area contributed by atoms with Crippen molar-refractivity contribution in [1.29, 1.82) is 0 Å². The topological polar surface area (TPSA) is 62.3 Å². The minimum atomic E-state index is -0.230. The first kappa shape index (κ1) is 20.8. The first-order valence-electron chi connectivity index (χ1n) is 10.6. The van der Waals surface area contributed by atoms with E-state index in [2.05, 4.69) is 34.6 Å². The van der Waals surface area contributed by atoms with Crippen LogP contribution in [0.4, 0.5) is 16.5 Å². The number of hydrogen-bond donors (Lipinski definition) is 1. The molecule has 1 aliphatic rings. The molecule has 3 aromatic carbocycles. The van der Waals surface area contributed by atoms with Crippen LogP contribution in [0.3, 0.4) is 0 Å². The number of carbonyl (C=O) groups is 2. The zero-order valence-corrected chi connectivity index (χ0v) is 18.8. The lowest BCUT2D eigenvalue weighted by atomic mass is 10.1. The van der Waals surface area contributed by atoms with Crippen LogP contribution in [0, 0.1) is 0 Å². The van der Waals surface area contributed by atoms with E-state index in [-0.39, 0.29) is 11.8 Å². The Kier molecular flexibility index (Phi) is 5.59. The van der Waals surface area contributed by atoms with E-state index in [0.717, 1.165) is 17.8 Å². The zero-order valence-electron chi connectivity index (χ0n) is 18.0. The van der Waals surface area contributed by atoms with Gasteiger partial charge in [0.15, 0.2) is 5.13 Å². The molecule has 1 N–H and O–H groups in total. The van der Waals surface area contributed by atoms with Crippen LogP contribution in [0.5, 0.6) is 0 Å². The third-order valence-electron chi connectivity index (χ3n) is 5.50. The minimum Gasteiger partial charge on any atom is -0.323 e. The Hall–Kier alpha value is -4.03. The standard InChI is InChI=1S/C27H21N3O2S/c1-18(31)30(23-8-3-2-4-9-23)27-29-22(17-33-27)12-14-26(32)28-21-11-13-25-20(16-21)15-19-7-5-6-10-24(19)25/h2-14,16-17H,15H2,1H3,(H,28,32). The molecule has 1 aliphatic carbocycles. The number of para-hydroxylation sites is 1. The summed E-state index contributed by atoms with van der Waals surface area (Å²) in [5.41, 5.74) is 7.16. The first-order chi connectivity index (χ1) is 16.1. The zero-order chi connectivity index (χ0) is 22.8. The average Bonchev–Trinajstić information content (AvgIpc) is 3.42. The second-order valence-electron chi connectivity index (χ2n) is 7.77. The van der Waals surface area contributed by atoms with Gasteiger partial charge in [0, 0.05) is 24.1 Å². The quantitative estimate of drug-likeness (QED) is 0.331. The maximum atomic E-state index is 12.5. The number of fused-ring (bicyclic) bond motifs is 3. The summed E-state index contributed by atoms with van der Waals surface area (Å²) in [6, 6.07) is 23.8. The molecule has 2 amide bonds. The lowest BCUT2D eigenvalue weighted by molar-refractivity contribution is -0.116. The van der Waals surface area contributed by atoms with Crippen LogP contribution in [0.2, 0.25) is 0 Å². The lowest BCUT2D eigenvalue weighted by Gasteiger charge is -2.17. The summed E-state index contributed by atoms with van der Waals surface area (Å²) in [7, 11) is 0. The molecule has 0 aliphatic heterocycles. The van der Waals surface area contributed by atoms with Crippen LogP contribution in [-0.2, 0) is 16.0 Å². The molecule has 162 valence electrons. The highest BCUT2D eigenvalue weighted by Crippen LogP contribution is 2.37. The van der Waals surface area contributed by atoms with Crippen molar-refractivity contribution in [2.75, 3.05) is 10.2 Å². The van der Waals surface area contributed by atoms with Gasteiger partial charge in [0.2, 0.25) is 11.8 Å². The fraction of sp³-hybridized carbons (Fsp3) is 0.0741. The molecular formula is C27H21N3O2S. The van der Waals surface area contributed by atoms with E-state index < -0.39 is 0 Å². The highest BCUT2D eigenvalue weighted by atomic mass is 32.1. The number of nitrogens with one attached hydrogen (secondary N) is 1. The van der Waals surface area contributed by atoms with Gasteiger partial charge in [-0.1, -0.05) is 48.5 Å². The fourth-order valence-electron chi connectivity index (χ4n) is 4.03. The van der Waals surface area contributed by atoms with E-state index in [9.17, 15) is 9.59 Å². The Labute approximate surface area is 196 Å². The van der Waals surface area contributed by atoms with E-state index in [1.807, 2.05) is 53.9 Å². The maximum Gasteiger partial charge on any atom is 0.248 e. The monoisotopic (exact) mass is 451 g/mol. The molecule has 0 radical (unpaired) electrons. The number of amides is 2. The molecule has 0 bridgehead atoms. The van der Waals surface area contributed by atoms with Gasteiger partial charge in [0.05, 0.1) is 11.4 Å². The summed E-state index contributed by atoms with van der Waals surface area (Å²) in [6.45, 7) is 1.51. The Balaban J connectivity index is 1.27. The number of anilines is 3. The van der Waals surface area contributed by atoms with E-state index in [1.54, 1.807) is 11.0 Å². The Morgan fingerprint density at radius 1 is 0.970 bits per heavy atom. The number of nitrogens with zero attached hydrogens (tertiary/aromatic N) is 2. The van der Waals surface area contributed by atoms with Crippen molar-refractivity contribution in [2.24, 2.45) is 0 Å². The average molecular weight is 452 g/mol. The molecule has 5 rings (SSSR count). The fourth-order valence-corrected chi connectivity index (χ4v) is 4.88. The third kappa shape index (κ3) is 4.33. The predicted molar refractivity (Wildman–Crippen MR) is 134 cm³/mol. The Morgan fingerprint density at radius 3 is 2.55 bits per heavy atom. The summed E-state index contributed by atoms with van der Waals surface area (Å²) < 4.78 is 0. The largest absolute Gasteiger partial charge is 0.323 e. The Morgan fingerprint density at radius 2 is 1.73 bits per heavy atom. The van der Waals surface area contributed by atoms with Crippen molar-refractivity contribution in [3.63, 3.8) is 0 Å². The van der Waals surface area contributed by atoms with Gasteiger partial charge < -0.3 is 5.32 Å². The van der Waals surface area contributed by atoms with Crippen molar-refractivity contribution >= 4 is 45.7 Å². The van der Waals surface area contributed by atoms with E-state index in [4.69, 9.17) is 0 Å². The second kappa shape index (κ2) is 8.84. The number of hydrogen-bond acceptors (Lipinski definition) is 4. The van der Waals surface area contributed by atoms with Crippen LogP contribution in [0.15, 0.2) is 84.3 Å². The van der Waals surface area contributed by atoms with Crippen molar-refractivity contribution in [3.05, 3.63) is 101 Å². The number of aromatic nitrogens is 1. The van der Waals surface area contributed by atoms with E-state index >= 15 is 0 Å². The van der Waals surface area contributed by atoms with Gasteiger partial charge in [-0.05, 0) is 59.0 Å². The molecular weight excluding hydrogens is 430 g/mol. The molecule has 33 heavy (non-hydrogen) atoms. The predicted octanol–water partition coefficient (Wildman–Crippen LogP) is 6.05. The van der Waals surface area contributed by atoms with Crippen LogP contribution in [0.25, 0.3) is 17.2 Å². The molecule has 0 atom stereocenters. The molecule has 4 aromatic rings. The smallest absolute Gasteiger partial charge is 0.248 e. The van der Waals surface area contributed by atoms with Gasteiger partial charge in [0.1, 0.15) is 0 Å².